The summed E-state index contributed by atoms with van der Waals surface area (Å²) < 4.78 is 0. The molecule has 0 rings (SSSR count). The summed E-state index contributed by atoms with van der Waals surface area (Å²) in [5, 5.41) is 0. The first-order chi connectivity index (χ1) is 1.41. The van der Waals surface area contributed by atoms with E-state index in [1.807, 2.05) is 0 Å². The summed E-state index contributed by atoms with van der Waals surface area (Å²) in [4.78, 5) is 0. The molecule has 0 unspecified atom stereocenters. The van der Waals surface area contributed by atoms with Gasteiger partial charge in [0.05, 0.1) is 0 Å². The van der Waals surface area contributed by atoms with Gasteiger partial charge in [0.15, 0.2) is 0 Å². The Hall–Kier alpha value is 2.06. The Morgan fingerprint density at radius 2 is 1.75 bits per heavy atom. The van der Waals surface area contributed by atoms with Crippen molar-refractivity contribution in [3.8, 4) is 0 Å². The predicted molar refractivity (Wildman–Crippen MR) is 19.1 cm³/mol. The van der Waals surface area contributed by atoms with Gasteiger partial charge in [0, 0.05) is 17.1 Å². The molecule has 0 aromatic rings. The minimum atomic E-state index is -0.312. The van der Waals surface area contributed by atoms with E-state index in [0.29, 0.717) is 0 Å². The normalized spacial score (nSPS) is 2.00. The van der Waals surface area contributed by atoms with Gasteiger partial charge < -0.3 is 0 Å². The van der Waals surface area contributed by atoms with Crippen LogP contribution in [0.1, 0.15) is 0 Å². The number of hydrogen-bond acceptors (Lipinski definition) is 1. The molecule has 0 bridgehead atoms. The van der Waals surface area contributed by atoms with Gasteiger partial charge in [-0.3, -0.25) is 0 Å². The van der Waals surface area contributed by atoms with E-state index in [-0.39, 0.29) is 33.4 Å². The second-order valence-electron chi connectivity index (χ2n) is 0.0833. The van der Waals surface area contributed by atoms with Crippen molar-refractivity contribution < 1.29 is 17.1 Å². The molecule has 0 spiro atoms. The summed E-state index contributed by atoms with van der Waals surface area (Å²) in [6, 6.07) is 0. The molecule has 0 amide bonds. The molecule has 0 aliphatic carbocycles. The van der Waals surface area contributed by atoms with E-state index in [2.05, 4.69) is 21.5 Å². The Balaban J connectivity index is 0. The molecule has 0 aliphatic heterocycles. The van der Waals surface area contributed by atoms with Gasteiger partial charge in [0.2, 0.25) is 0 Å². The quantitative estimate of drug-likeness (QED) is 0.561. The molecule has 0 heterocycles. The van der Waals surface area contributed by atoms with E-state index >= 15 is 0 Å². The molecule has 0 nitrogen and oxygen atoms in total. The summed E-state index contributed by atoms with van der Waals surface area (Å²) in [6.07, 6.45) is 0. The molecule has 0 saturated heterocycles. The van der Waals surface area contributed by atoms with E-state index < -0.39 is 0 Å². The third-order valence-corrected chi connectivity index (χ3v) is 0. The number of hydrogen-bond donors (Lipinski definition) is 0. The van der Waals surface area contributed by atoms with Gasteiger partial charge in [-0.05, 0) is 0 Å². The maximum absolute atomic E-state index is 4.51. The molecule has 0 saturated carbocycles. The van der Waals surface area contributed by atoms with Crippen LogP contribution >= 0.6 is 9.29 Å². The van der Waals surface area contributed by atoms with Gasteiger partial charge in [-0.1, -0.05) is 0 Å². The summed E-state index contributed by atoms with van der Waals surface area (Å²) in [5.74, 6) is 0. The maximum atomic E-state index is 4.51. The van der Waals surface area contributed by atoms with Crippen LogP contribution in [-0.4, -0.2) is 28.6 Å². The van der Waals surface area contributed by atoms with E-state index in [4.69, 9.17) is 0 Å². The van der Waals surface area contributed by atoms with Gasteiger partial charge in [-0.2, -0.15) is 0 Å². The standard InChI is InChI=1S/Cu.S.Se.Sn. The van der Waals surface area contributed by atoms with Crippen LogP contribution in [0.15, 0.2) is 0 Å². The Morgan fingerprint density at radius 3 is 1.75 bits per heavy atom. The average Bonchev–Trinajstić information content (AvgIpc) is 0.918. The van der Waals surface area contributed by atoms with Crippen molar-refractivity contribution in [2.75, 3.05) is 0 Å². The molecule has 0 N–H and O–H groups in total. The SMILES string of the molecule is [Cu].[S]=[Sn]=[Se]. The third-order valence-electron chi connectivity index (χ3n) is 0. The Labute approximate surface area is 54.2 Å². The Bertz CT molecular complexity index is 29.0. The summed E-state index contributed by atoms with van der Waals surface area (Å²) in [5.41, 5.74) is 0. The monoisotopic (exact) mass is 295 g/mol. The Kier molecular flexibility index (Phi) is 21.0. The van der Waals surface area contributed by atoms with Crippen molar-refractivity contribution >= 4 is 37.9 Å². The van der Waals surface area contributed by atoms with Crippen molar-refractivity contribution in [3.05, 3.63) is 0 Å². The summed E-state index contributed by atoms with van der Waals surface area (Å²) in [7, 11) is 4.51. The number of rotatable bonds is 0. The van der Waals surface area contributed by atoms with Crippen molar-refractivity contribution in [2.24, 2.45) is 0 Å². The molecule has 1 radical (unpaired) electrons. The van der Waals surface area contributed by atoms with Crippen LogP contribution in [0.25, 0.3) is 0 Å². The fourth-order valence-corrected chi connectivity index (χ4v) is 0. The van der Waals surface area contributed by atoms with Crippen LogP contribution in [-0.2, 0) is 17.1 Å². The first-order valence-corrected chi connectivity index (χ1v) is 11.2. The van der Waals surface area contributed by atoms with Gasteiger partial charge in [-0.25, -0.2) is 0 Å². The fourth-order valence-electron chi connectivity index (χ4n) is 0. The molecule has 0 atom stereocenters. The predicted octanol–water partition coefficient (Wildman–Crippen LogP) is -0.116. The van der Waals surface area contributed by atoms with E-state index in [1.165, 1.54) is 0 Å². The zero-order valence-electron chi connectivity index (χ0n) is 1.62. The van der Waals surface area contributed by atoms with E-state index in [1.54, 1.807) is 0 Å². The Morgan fingerprint density at radius 1 is 1.75 bits per heavy atom. The third kappa shape index (κ3) is 8.96. The second kappa shape index (κ2) is 8.91. The zero-order valence-corrected chi connectivity index (χ0v) is 7.94. The molecule has 4 heteroatoms. The van der Waals surface area contributed by atoms with Gasteiger partial charge in [0.1, 0.15) is 0 Å². The van der Waals surface area contributed by atoms with Crippen molar-refractivity contribution in [1.29, 1.82) is 0 Å². The fraction of sp³-hybridized carbons (Fsp3) is 0. The molecular weight excluding hydrogens is 293 g/mol. The second-order valence-corrected chi connectivity index (χ2v) is 8.71. The van der Waals surface area contributed by atoms with Crippen LogP contribution in [0.5, 0.6) is 0 Å². The summed E-state index contributed by atoms with van der Waals surface area (Å²) >= 11 is 2.48. The van der Waals surface area contributed by atoms with Crippen LogP contribution in [0.4, 0.5) is 0 Å². The molecule has 4 heavy (non-hydrogen) atoms. The van der Waals surface area contributed by atoms with Crippen LogP contribution in [0.3, 0.4) is 0 Å². The van der Waals surface area contributed by atoms with Crippen LogP contribution in [0, 0.1) is 0 Å². The average molecular weight is 293 g/mol. The van der Waals surface area contributed by atoms with Crippen LogP contribution < -0.4 is 0 Å². The van der Waals surface area contributed by atoms with Gasteiger partial charge >= 0.3 is 37.9 Å². The molecule has 0 fully saturated rings. The van der Waals surface area contributed by atoms with Crippen LogP contribution in [0.2, 0.25) is 0 Å². The van der Waals surface area contributed by atoms with E-state index in [9.17, 15) is 0 Å². The minimum absolute atomic E-state index is 0. The molecule has 0 aromatic carbocycles. The molecule has 27 valence electrons. The molecular formula is CuSSeSn. The van der Waals surface area contributed by atoms with E-state index in [0.717, 1.165) is 0 Å². The summed E-state index contributed by atoms with van der Waals surface area (Å²) in [6.45, 7) is 0. The van der Waals surface area contributed by atoms with Crippen molar-refractivity contribution in [2.45, 2.75) is 0 Å². The first kappa shape index (κ1) is 9.41. The molecule has 0 aliphatic rings. The van der Waals surface area contributed by atoms with Crippen molar-refractivity contribution in [3.63, 3.8) is 0 Å². The van der Waals surface area contributed by atoms with Gasteiger partial charge in [0.25, 0.3) is 0 Å². The van der Waals surface area contributed by atoms with Crippen molar-refractivity contribution in [1.82, 2.24) is 0 Å². The van der Waals surface area contributed by atoms with Gasteiger partial charge in [-0.15, -0.1) is 0 Å². The first-order valence-electron chi connectivity index (χ1n) is 0.408. The topological polar surface area (TPSA) is 0 Å². The zero-order chi connectivity index (χ0) is 2.71. The molecule has 0 aromatic heterocycles.